The molecule has 1 aromatic rings. The minimum Gasteiger partial charge on any atom is -0.329 e. The number of hydrogen-bond acceptors (Lipinski definition) is 3. The molecular formula is C12H20N2S. The Kier molecular flexibility index (Phi) is 3.78. The summed E-state index contributed by atoms with van der Waals surface area (Å²) in [5.41, 5.74) is 5.91. The second-order valence-electron chi connectivity index (χ2n) is 4.30. The number of thiophene rings is 1. The highest BCUT2D eigenvalue weighted by Gasteiger charge is 2.21. The van der Waals surface area contributed by atoms with E-state index >= 15 is 0 Å². The van der Waals surface area contributed by atoms with Crippen molar-refractivity contribution in [2.24, 2.45) is 5.73 Å². The summed E-state index contributed by atoms with van der Waals surface area (Å²) in [6.07, 6.45) is 4.05. The van der Waals surface area contributed by atoms with Crippen LogP contribution in [0.5, 0.6) is 0 Å². The second kappa shape index (κ2) is 5.10. The summed E-state index contributed by atoms with van der Waals surface area (Å²) in [4.78, 5) is 5.38. The van der Waals surface area contributed by atoms with Gasteiger partial charge in [0.15, 0.2) is 0 Å². The first kappa shape index (κ1) is 11.1. The van der Waals surface area contributed by atoms with Crippen molar-refractivity contribution in [3.63, 3.8) is 0 Å². The van der Waals surface area contributed by atoms with E-state index in [0.29, 0.717) is 6.04 Å². The standard InChI is InChI=1S/C12H20N2S/c1-10-5-6-12(15-10)11(9-13)14-7-3-2-4-8-14/h5-6,11H,2-4,7-9,13H2,1H3. The lowest BCUT2D eigenvalue weighted by molar-refractivity contribution is 0.170. The summed E-state index contributed by atoms with van der Waals surface area (Å²) >= 11 is 1.89. The molecule has 2 nitrogen and oxygen atoms in total. The van der Waals surface area contributed by atoms with Crippen LogP contribution in [0, 0.1) is 6.92 Å². The summed E-state index contributed by atoms with van der Waals surface area (Å²) in [5, 5.41) is 0. The molecule has 84 valence electrons. The van der Waals surface area contributed by atoms with E-state index in [1.54, 1.807) is 0 Å². The average molecular weight is 224 g/mol. The smallest absolute Gasteiger partial charge is 0.0564 e. The lowest BCUT2D eigenvalue weighted by Gasteiger charge is -2.33. The largest absolute Gasteiger partial charge is 0.329 e. The van der Waals surface area contributed by atoms with E-state index in [1.807, 2.05) is 11.3 Å². The molecule has 2 heterocycles. The molecule has 0 aliphatic carbocycles. The van der Waals surface area contributed by atoms with E-state index in [-0.39, 0.29) is 0 Å². The van der Waals surface area contributed by atoms with Gasteiger partial charge in [0.2, 0.25) is 0 Å². The van der Waals surface area contributed by atoms with Gasteiger partial charge < -0.3 is 5.73 Å². The zero-order valence-corrected chi connectivity index (χ0v) is 10.2. The quantitative estimate of drug-likeness (QED) is 0.855. The Morgan fingerprint density at radius 1 is 1.33 bits per heavy atom. The maximum Gasteiger partial charge on any atom is 0.0564 e. The second-order valence-corrected chi connectivity index (χ2v) is 5.62. The third kappa shape index (κ3) is 2.60. The van der Waals surface area contributed by atoms with Gasteiger partial charge in [-0.3, -0.25) is 4.90 Å². The fourth-order valence-corrected chi connectivity index (χ4v) is 3.33. The molecule has 0 amide bonds. The molecule has 0 radical (unpaired) electrons. The van der Waals surface area contributed by atoms with Crippen molar-refractivity contribution in [1.29, 1.82) is 0 Å². The molecule has 2 rings (SSSR count). The van der Waals surface area contributed by atoms with Gasteiger partial charge in [0.1, 0.15) is 0 Å². The molecule has 0 spiro atoms. The number of hydrogen-bond donors (Lipinski definition) is 1. The van der Waals surface area contributed by atoms with Gasteiger partial charge in [0.05, 0.1) is 6.04 Å². The Balaban J connectivity index is 2.08. The Morgan fingerprint density at radius 3 is 2.60 bits per heavy atom. The van der Waals surface area contributed by atoms with Gasteiger partial charge in [-0.2, -0.15) is 0 Å². The van der Waals surface area contributed by atoms with Crippen molar-refractivity contribution >= 4 is 11.3 Å². The molecule has 3 heteroatoms. The van der Waals surface area contributed by atoms with Crippen LogP contribution in [0.2, 0.25) is 0 Å². The van der Waals surface area contributed by atoms with Crippen LogP contribution in [0.4, 0.5) is 0 Å². The van der Waals surface area contributed by atoms with Crippen LogP contribution in [0.1, 0.15) is 35.1 Å². The summed E-state index contributed by atoms with van der Waals surface area (Å²) < 4.78 is 0. The van der Waals surface area contributed by atoms with Crippen LogP contribution in [0.25, 0.3) is 0 Å². The zero-order valence-electron chi connectivity index (χ0n) is 9.41. The Morgan fingerprint density at radius 2 is 2.07 bits per heavy atom. The predicted octanol–water partition coefficient (Wildman–Crippen LogP) is 2.54. The number of likely N-dealkylation sites (tertiary alicyclic amines) is 1. The lowest BCUT2D eigenvalue weighted by atomic mass is 10.1. The van der Waals surface area contributed by atoms with Gasteiger partial charge in [-0.15, -0.1) is 11.3 Å². The summed E-state index contributed by atoms with van der Waals surface area (Å²) in [6, 6.07) is 4.91. The first-order valence-corrected chi connectivity index (χ1v) is 6.63. The molecule has 1 unspecified atom stereocenters. The van der Waals surface area contributed by atoms with Crippen LogP contribution in [0.3, 0.4) is 0 Å². The summed E-state index contributed by atoms with van der Waals surface area (Å²) in [6.45, 7) is 5.36. The van der Waals surface area contributed by atoms with E-state index < -0.39 is 0 Å². The predicted molar refractivity (Wildman–Crippen MR) is 66.3 cm³/mol. The molecule has 0 bridgehead atoms. The van der Waals surface area contributed by atoms with Gasteiger partial charge >= 0.3 is 0 Å². The molecule has 2 N–H and O–H groups in total. The molecule has 1 atom stereocenters. The van der Waals surface area contributed by atoms with E-state index in [1.165, 1.54) is 42.1 Å². The number of aryl methyl sites for hydroxylation is 1. The summed E-state index contributed by atoms with van der Waals surface area (Å²) in [7, 11) is 0. The van der Waals surface area contributed by atoms with Gasteiger partial charge in [0.25, 0.3) is 0 Å². The lowest BCUT2D eigenvalue weighted by Crippen LogP contribution is -2.37. The monoisotopic (exact) mass is 224 g/mol. The molecule has 0 saturated carbocycles. The van der Waals surface area contributed by atoms with Crippen LogP contribution in [0.15, 0.2) is 12.1 Å². The van der Waals surface area contributed by atoms with E-state index in [9.17, 15) is 0 Å². The molecule has 1 aliphatic heterocycles. The van der Waals surface area contributed by atoms with Crippen molar-refractivity contribution in [1.82, 2.24) is 4.90 Å². The van der Waals surface area contributed by atoms with Crippen LogP contribution in [-0.4, -0.2) is 24.5 Å². The molecule has 1 saturated heterocycles. The Labute approximate surface area is 96.1 Å². The number of nitrogens with two attached hydrogens (primary N) is 1. The Bertz CT molecular complexity index is 302. The third-order valence-electron chi connectivity index (χ3n) is 3.14. The highest BCUT2D eigenvalue weighted by molar-refractivity contribution is 7.12. The van der Waals surface area contributed by atoms with Gasteiger partial charge in [-0.05, 0) is 45.0 Å². The molecule has 0 aromatic carbocycles. The van der Waals surface area contributed by atoms with Crippen LogP contribution < -0.4 is 5.73 Å². The number of nitrogens with zero attached hydrogens (tertiary/aromatic N) is 1. The zero-order chi connectivity index (χ0) is 10.7. The maximum atomic E-state index is 5.91. The normalized spacial score (nSPS) is 20.4. The SMILES string of the molecule is Cc1ccc(C(CN)N2CCCCC2)s1. The van der Waals surface area contributed by atoms with E-state index in [2.05, 4.69) is 24.0 Å². The van der Waals surface area contributed by atoms with Crippen molar-refractivity contribution in [2.45, 2.75) is 32.2 Å². The fraction of sp³-hybridized carbons (Fsp3) is 0.667. The maximum absolute atomic E-state index is 5.91. The molecule has 1 aromatic heterocycles. The molecule has 1 aliphatic rings. The first-order valence-electron chi connectivity index (χ1n) is 5.81. The van der Waals surface area contributed by atoms with Gasteiger partial charge in [-0.25, -0.2) is 0 Å². The third-order valence-corrected chi connectivity index (χ3v) is 4.25. The molecule has 15 heavy (non-hydrogen) atoms. The topological polar surface area (TPSA) is 29.3 Å². The molecular weight excluding hydrogens is 204 g/mol. The molecule has 1 fully saturated rings. The van der Waals surface area contributed by atoms with Crippen molar-refractivity contribution in [3.8, 4) is 0 Å². The van der Waals surface area contributed by atoms with Crippen molar-refractivity contribution in [2.75, 3.05) is 19.6 Å². The van der Waals surface area contributed by atoms with Crippen LogP contribution >= 0.6 is 11.3 Å². The summed E-state index contributed by atoms with van der Waals surface area (Å²) in [5.74, 6) is 0. The highest BCUT2D eigenvalue weighted by atomic mass is 32.1. The first-order chi connectivity index (χ1) is 7.31. The number of rotatable bonds is 3. The average Bonchev–Trinajstić information content (AvgIpc) is 2.68. The number of piperidine rings is 1. The van der Waals surface area contributed by atoms with Crippen LogP contribution in [-0.2, 0) is 0 Å². The van der Waals surface area contributed by atoms with Crippen molar-refractivity contribution in [3.05, 3.63) is 21.9 Å². The van der Waals surface area contributed by atoms with Gasteiger partial charge in [0, 0.05) is 16.3 Å². The highest BCUT2D eigenvalue weighted by Crippen LogP contribution is 2.28. The Hall–Kier alpha value is -0.380. The fourth-order valence-electron chi connectivity index (χ4n) is 2.31. The minimum absolute atomic E-state index is 0.462. The minimum atomic E-state index is 0.462. The van der Waals surface area contributed by atoms with E-state index in [4.69, 9.17) is 5.73 Å². The van der Waals surface area contributed by atoms with Crippen molar-refractivity contribution < 1.29 is 0 Å². The van der Waals surface area contributed by atoms with Gasteiger partial charge in [-0.1, -0.05) is 6.42 Å². The van der Waals surface area contributed by atoms with E-state index in [0.717, 1.165) is 6.54 Å².